The van der Waals surface area contributed by atoms with Crippen LogP contribution in [0.2, 0.25) is 5.02 Å². The van der Waals surface area contributed by atoms with Crippen LogP contribution in [0.25, 0.3) is 17.1 Å². The number of nitrogens with one attached hydrogen (secondary N) is 2. The molecule has 0 aliphatic carbocycles. The summed E-state index contributed by atoms with van der Waals surface area (Å²) < 4.78 is 12.4. The molecule has 4 rings (SSSR count). The van der Waals surface area contributed by atoms with Crippen LogP contribution >= 0.6 is 11.6 Å². The number of nitriles is 1. The fourth-order valence-electron chi connectivity index (χ4n) is 2.74. The maximum Gasteiger partial charge on any atom is 0.303 e. The van der Waals surface area contributed by atoms with E-state index in [1.165, 1.54) is 6.92 Å². The summed E-state index contributed by atoms with van der Waals surface area (Å²) in [6.45, 7) is 1.36. The predicted octanol–water partition coefficient (Wildman–Crippen LogP) is 4.25. The molecule has 0 amide bonds. The number of benzene rings is 1. The highest BCUT2D eigenvalue weighted by atomic mass is 35.5. The first-order valence-electron chi connectivity index (χ1n) is 8.30. The van der Waals surface area contributed by atoms with Crippen molar-refractivity contribution in [3.8, 4) is 17.5 Å². The Kier molecular flexibility index (Phi) is 4.51. The maximum absolute atomic E-state index is 11.0. The van der Waals surface area contributed by atoms with Crippen molar-refractivity contribution in [1.82, 2.24) is 14.6 Å². The molecule has 4 aromatic rings. The third-order valence-electron chi connectivity index (χ3n) is 4.02. The number of hydrogen-bond acceptors (Lipinski definition) is 6. The van der Waals surface area contributed by atoms with Gasteiger partial charge in [-0.25, -0.2) is 9.50 Å². The molecule has 0 aliphatic rings. The molecule has 0 saturated carbocycles. The molecule has 8 nitrogen and oxygen atoms in total. The van der Waals surface area contributed by atoms with E-state index in [9.17, 15) is 10.1 Å². The Hall–Kier alpha value is -3.70. The number of rotatable bonds is 5. The van der Waals surface area contributed by atoms with Crippen LogP contribution in [0.1, 0.15) is 18.2 Å². The molecule has 0 atom stereocenters. The van der Waals surface area contributed by atoms with E-state index in [1.54, 1.807) is 28.9 Å². The minimum Gasteiger partial charge on any atom is -0.458 e. The number of nitrogens with zero attached hydrogens (tertiary/aromatic N) is 3. The number of imidazole rings is 1. The van der Waals surface area contributed by atoms with Crippen molar-refractivity contribution in [2.75, 3.05) is 5.32 Å². The summed E-state index contributed by atoms with van der Waals surface area (Å²) in [5, 5.41) is 16.1. The van der Waals surface area contributed by atoms with Crippen molar-refractivity contribution in [2.45, 2.75) is 13.5 Å². The van der Waals surface area contributed by atoms with Crippen LogP contribution in [0.15, 0.2) is 47.0 Å². The van der Waals surface area contributed by atoms with Crippen LogP contribution < -0.4 is 5.32 Å². The smallest absolute Gasteiger partial charge is 0.303 e. The second-order valence-corrected chi connectivity index (χ2v) is 6.33. The molecule has 0 bridgehead atoms. The van der Waals surface area contributed by atoms with E-state index in [0.29, 0.717) is 45.0 Å². The first-order valence-corrected chi connectivity index (χ1v) is 8.68. The van der Waals surface area contributed by atoms with Crippen molar-refractivity contribution in [3.05, 3.63) is 58.9 Å². The zero-order valence-corrected chi connectivity index (χ0v) is 15.4. The van der Waals surface area contributed by atoms with Gasteiger partial charge in [0, 0.05) is 13.1 Å². The number of ether oxygens (including phenoxy) is 1. The number of esters is 1. The molecule has 3 heterocycles. The van der Waals surface area contributed by atoms with E-state index in [2.05, 4.69) is 21.5 Å². The van der Waals surface area contributed by atoms with E-state index in [4.69, 9.17) is 20.8 Å². The first kappa shape index (κ1) is 17.7. The lowest BCUT2D eigenvalue weighted by molar-refractivity contribution is -0.142. The van der Waals surface area contributed by atoms with Crippen molar-refractivity contribution in [3.63, 3.8) is 0 Å². The van der Waals surface area contributed by atoms with Crippen LogP contribution in [0.5, 0.6) is 0 Å². The van der Waals surface area contributed by atoms with Gasteiger partial charge in [0.2, 0.25) is 0 Å². The number of aromatic nitrogens is 3. The lowest BCUT2D eigenvalue weighted by Crippen LogP contribution is -1.98. The van der Waals surface area contributed by atoms with E-state index < -0.39 is 5.97 Å². The number of fused-ring (bicyclic) bond motifs is 1. The summed E-state index contributed by atoms with van der Waals surface area (Å²) in [4.78, 5) is 15.5. The zero-order valence-electron chi connectivity index (χ0n) is 14.7. The largest absolute Gasteiger partial charge is 0.458 e. The zero-order chi connectivity index (χ0) is 19.7. The Morgan fingerprint density at radius 2 is 2.21 bits per heavy atom. The normalized spacial score (nSPS) is 10.8. The van der Waals surface area contributed by atoms with Gasteiger partial charge in [0.1, 0.15) is 24.0 Å². The quantitative estimate of drug-likeness (QED) is 0.489. The van der Waals surface area contributed by atoms with Gasteiger partial charge in [-0.2, -0.15) is 5.26 Å². The molecule has 0 spiro atoms. The van der Waals surface area contributed by atoms with E-state index >= 15 is 0 Å². The van der Waals surface area contributed by atoms with Crippen molar-refractivity contribution >= 4 is 34.7 Å². The number of para-hydroxylation sites is 1. The topological polar surface area (TPSA) is 108 Å². The molecule has 0 saturated heterocycles. The molecule has 28 heavy (non-hydrogen) atoms. The number of aromatic amines is 1. The third kappa shape index (κ3) is 3.19. The van der Waals surface area contributed by atoms with Gasteiger partial charge in [0.05, 0.1) is 10.7 Å². The fraction of sp³-hybridized carbons (Fsp3) is 0.105. The second kappa shape index (κ2) is 7.13. The summed E-state index contributed by atoms with van der Waals surface area (Å²) in [7, 11) is 0. The number of carbonyl (C=O) groups excluding carboxylic acids is 1. The van der Waals surface area contributed by atoms with Gasteiger partial charge in [-0.05, 0) is 24.3 Å². The van der Waals surface area contributed by atoms with Crippen molar-refractivity contribution in [2.24, 2.45) is 0 Å². The molecule has 2 N–H and O–H groups in total. The number of H-pyrrole nitrogens is 1. The summed E-state index contributed by atoms with van der Waals surface area (Å²) in [5.41, 5.74) is 1.99. The van der Waals surface area contributed by atoms with Crippen LogP contribution in [0, 0.1) is 11.3 Å². The first-order chi connectivity index (χ1) is 13.6. The Morgan fingerprint density at radius 3 is 2.96 bits per heavy atom. The lowest BCUT2D eigenvalue weighted by atomic mass is 10.3. The maximum atomic E-state index is 11.0. The molecule has 140 valence electrons. The van der Waals surface area contributed by atoms with Crippen LogP contribution in [0.3, 0.4) is 0 Å². The monoisotopic (exact) mass is 395 g/mol. The fourth-order valence-corrected chi connectivity index (χ4v) is 2.92. The van der Waals surface area contributed by atoms with Gasteiger partial charge in [-0.15, -0.1) is 0 Å². The number of furan rings is 1. The second-order valence-electron chi connectivity index (χ2n) is 5.92. The van der Waals surface area contributed by atoms with Crippen molar-refractivity contribution < 1.29 is 13.9 Å². The van der Waals surface area contributed by atoms with E-state index in [0.717, 1.165) is 0 Å². The van der Waals surface area contributed by atoms with Crippen molar-refractivity contribution in [1.29, 1.82) is 5.26 Å². The van der Waals surface area contributed by atoms with Gasteiger partial charge < -0.3 is 14.5 Å². The predicted molar refractivity (Wildman–Crippen MR) is 102 cm³/mol. The number of carbonyl (C=O) groups is 1. The molecular weight excluding hydrogens is 382 g/mol. The number of hydrogen-bond donors (Lipinski definition) is 2. The molecule has 0 unspecified atom stereocenters. The van der Waals surface area contributed by atoms with Gasteiger partial charge >= 0.3 is 5.97 Å². The summed E-state index contributed by atoms with van der Waals surface area (Å²) in [6, 6.07) is 12.8. The van der Waals surface area contributed by atoms with Gasteiger partial charge in [0.25, 0.3) is 0 Å². The molecule has 0 aliphatic heterocycles. The number of anilines is 2. The van der Waals surface area contributed by atoms with Gasteiger partial charge in [-0.1, -0.05) is 23.7 Å². The van der Waals surface area contributed by atoms with Crippen LogP contribution in [0.4, 0.5) is 11.5 Å². The molecule has 9 heteroatoms. The lowest BCUT2D eigenvalue weighted by Gasteiger charge is -2.08. The summed E-state index contributed by atoms with van der Waals surface area (Å²) >= 11 is 6.27. The Morgan fingerprint density at radius 1 is 1.39 bits per heavy atom. The summed E-state index contributed by atoms with van der Waals surface area (Å²) in [6.07, 6.45) is 1.57. The molecule has 0 fully saturated rings. The van der Waals surface area contributed by atoms with Crippen LogP contribution in [-0.2, 0) is 16.1 Å². The average molecular weight is 396 g/mol. The Balaban J connectivity index is 1.79. The van der Waals surface area contributed by atoms with Gasteiger partial charge in [0.15, 0.2) is 22.9 Å². The van der Waals surface area contributed by atoms with E-state index in [1.807, 2.05) is 18.2 Å². The molecular formula is C19H14ClN5O3. The highest BCUT2D eigenvalue weighted by molar-refractivity contribution is 6.33. The molecule has 3 aromatic heterocycles. The molecule has 1 aromatic carbocycles. The standard InChI is InChI=1S/C19H14ClN5O3/c1-11(26)27-10-13-6-7-16(28-13)17-19(23-15-5-3-2-4-14(15)20)25-18(24-17)12(8-21)9-22-25/h2-7,9,22-23H,10H2,1H3. The Bertz CT molecular complexity index is 1210. The SMILES string of the molecule is CC(=O)OCc1ccc(-c2nc3c(C#N)c[nH]n3c2Nc2ccccc2Cl)o1. The summed E-state index contributed by atoms with van der Waals surface area (Å²) in [5.74, 6) is 1.09. The third-order valence-corrected chi connectivity index (χ3v) is 4.35. The van der Waals surface area contributed by atoms with E-state index in [-0.39, 0.29) is 6.61 Å². The minimum absolute atomic E-state index is 0.0256. The number of halogens is 1. The Labute approximate surface area is 164 Å². The average Bonchev–Trinajstić information content (AvgIpc) is 3.37. The highest BCUT2D eigenvalue weighted by Gasteiger charge is 2.21. The van der Waals surface area contributed by atoms with Crippen LogP contribution in [-0.4, -0.2) is 20.6 Å². The highest BCUT2D eigenvalue weighted by Crippen LogP contribution is 2.34. The minimum atomic E-state index is -0.395. The molecule has 0 radical (unpaired) electrons. The van der Waals surface area contributed by atoms with Gasteiger partial charge in [-0.3, -0.25) is 9.89 Å².